The molecule has 2 aromatic rings. The molecule has 0 radical (unpaired) electrons. The Morgan fingerprint density at radius 1 is 1.35 bits per heavy atom. The lowest BCUT2D eigenvalue weighted by Gasteiger charge is -2.11. The van der Waals surface area contributed by atoms with Gasteiger partial charge in [-0.25, -0.2) is 0 Å². The van der Waals surface area contributed by atoms with Gasteiger partial charge in [0.2, 0.25) is 0 Å². The third kappa shape index (κ3) is 2.83. The number of benzene rings is 1. The molecule has 0 aliphatic carbocycles. The third-order valence-corrected chi connectivity index (χ3v) is 3.44. The quantitative estimate of drug-likeness (QED) is 0.808. The Kier molecular flexibility index (Phi) is 4.09. The molecule has 0 fully saturated rings. The van der Waals surface area contributed by atoms with Gasteiger partial charge >= 0.3 is 0 Å². The van der Waals surface area contributed by atoms with E-state index >= 15 is 0 Å². The number of hydrogen-bond donors (Lipinski definition) is 1. The molecule has 1 N–H and O–H groups in total. The molecule has 0 bridgehead atoms. The van der Waals surface area contributed by atoms with E-state index in [2.05, 4.69) is 51.9 Å². The van der Waals surface area contributed by atoms with Gasteiger partial charge in [-0.15, -0.1) is 0 Å². The Morgan fingerprint density at radius 3 is 2.82 bits per heavy atom. The lowest BCUT2D eigenvalue weighted by Crippen LogP contribution is -2.02. The number of hydrogen-bond acceptors (Lipinski definition) is 2. The van der Waals surface area contributed by atoms with Crippen molar-refractivity contribution in [2.45, 2.75) is 20.3 Å². The highest BCUT2D eigenvalue weighted by Crippen LogP contribution is 2.30. The summed E-state index contributed by atoms with van der Waals surface area (Å²) in [5.74, 6) is 0. The zero-order valence-electron chi connectivity index (χ0n) is 9.85. The Bertz CT molecular complexity index is 555. The van der Waals surface area contributed by atoms with Crippen molar-refractivity contribution in [1.29, 1.82) is 0 Å². The normalized spacial score (nSPS) is 10.8. The van der Waals surface area contributed by atoms with Crippen LogP contribution in [0.5, 0.6) is 0 Å². The summed E-state index contributed by atoms with van der Waals surface area (Å²) in [6.07, 6.45) is 1.10. The molecule has 2 nitrogen and oxygen atoms in total. The molecule has 17 heavy (non-hydrogen) atoms. The number of nitrogens with one attached hydrogen (secondary N) is 1. The molecular formula is C13H14ClIN2. The van der Waals surface area contributed by atoms with Gasteiger partial charge in [-0.05, 0) is 54.1 Å². The summed E-state index contributed by atoms with van der Waals surface area (Å²) in [6, 6.07) is 6.14. The van der Waals surface area contributed by atoms with Crippen LogP contribution in [-0.2, 0) is 0 Å². The maximum absolute atomic E-state index is 6.25. The maximum atomic E-state index is 6.25. The lowest BCUT2D eigenvalue weighted by molar-refractivity contribution is 0.980. The highest BCUT2D eigenvalue weighted by atomic mass is 127. The molecule has 1 aromatic carbocycles. The molecule has 0 aliphatic heterocycles. The molecule has 0 saturated carbocycles. The molecule has 1 aromatic heterocycles. The minimum atomic E-state index is 0.718. The molecule has 1 heterocycles. The van der Waals surface area contributed by atoms with Crippen molar-refractivity contribution >= 4 is 50.8 Å². The van der Waals surface area contributed by atoms with E-state index in [1.165, 1.54) is 0 Å². The van der Waals surface area contributed by atoms with E-state index in [1.54, 1.807) is 0 Å². The second kappa shape index (κ2) is 5.40. The summed E-state index contributed by atoms with van der Waals surface area (Å²) in [7, 11) is 0. The van der Waals surface area contributed by atoms with E-state index in [4.69, 9.17) is 11.6 Å². The molecule has 2 rings (SSSR count). The number of rotatable bonds is 3. The van der Waals surface area contributed by atoms with Gasteiger partial charge in [0, 0.05) is 26.9 Å². The predicted molar refractivity (Wildman–Crippen MR) is 83.0 cm³/mol. The van der Waals surface area contributed by atoms with Gasteiger partial charge in [0.25, 0.3) is 0 Å². The van der Waals surface area contributed by atoms with Crippen LogP contribution < -0.4 is 5.32 Å². The average Bonchev–Trinajstić information content (AvgIpc) is 2.27. The van der Waals surface area contributed by atoms with E-state index in [9.17, 15) is 0 Å². The molecule has 0 atom stereocenters. The van der Waals surface area contributed by atoms with Crippen molar-refractivity contribution in [2.75, 3.05) is 11.9 Å². The number of aryl methyl sites for hydroxylation is 1. The molecule has 4 heteroatoms. The van der Waals surface area contributed by atoms with E-state index in [1.807, 2.05) is 13.0 Å². The Labute approximate surface area is 120 Å². The van der Waals surface area contributed by atoms with Crippen LogP contribution in [0.3, 0.4) is 0 Å². The lowest BCUT2D eigenvalue weighted by atomic mass is 10.1. The van der Waals surface area contributed by atoms with Crippen molar-refractivity contribution in [3.05, 3.63) is 32.5 Å². The van der Waals surface area contributed by atoms with Crippen LogP contribution in [0.15, 0.2) is 18.2 Å². The zero-order valence-corrected chi connectivity index (χ0v) is 12.8. The molecule has 0 amide bonds. The fraction of sp³-hybridized carbons (Fsp3) is 0.308. The molecule has 0 unspecified atom stereocenters. The summed E-state index contributed by atoms with van der Waals surface area (Å²) < 4.78 is 1.13. The Balaban J connectivity index is 2.64. The first-order valence-corrected chi connectivity index (χ1v) is 7.07. The second-order valence-corrected chi connectivity index (χ2v) is 5.67. The van der Waals surface area contributed by atoms with Gasteiger partial charge in [-0.2, -0.15) is 0 Å². The number of aromatic nitrogens is 1. The van der Waals surface area contributed by atoms with Gasteiger partial charge in [0.05, 0.1) is 10.5 Å². The minimum absolute atomic E-state index is 0.718. The number of anilines is 1. The first-order valence-electron chi connectivity index (χ1n) is 5.62. The minimum Gasteiger partial charge on any atom is -0.384 e. The monoisotopic (exact) mass is 360 g/mol. The van der Waals surface area contributed by atoms with Crippen LogP contribution in [0.25, 0.3) is 10.9 Å². The first-order chi connectivity index (χ1) is 8.11. The fourth-order valence-electron chi connectivity index (χ4n) is 1.79. The summed E-state index contributed by atoms with van der Waals surface area (Å²) >= 11 is 8.52. The molecule has 90 valence electrons. The standard InChI is InChI=1S/C13H14ClIN2/c1-3-4-16-12-5-8(2)17-13-10(12)6-9(15)7-11(13)14/h5-7H,3-4H2,1-2H3,(H,16,17). The number of fused-ring (bicyclic) bond motifs is 1. The van der Waals surface area contributed by atoms with Crippen molar-refractivity contribution in [1.82, 2.24) is 4.98 Å². The third-order valence-electron chi connectivity index (χ3n) is 2.53. The summed E-state index contributed by atoms with van der Waals surface area (Å²) in [4.78, 5) is 4.51. The SMILES string of the molecule is CCCNc1cc(C)nc2c(Cl)cc(I)cc12. The largest absolute Gasteiger partial charge is 0.384 e. The van der Waals surface area contributed by atoms with Crippen LogP contribution in [0.1, 0.15) is 19.0 Å². The van der Waals surface area contributed by atoms with E-state index in [-0.39, 0.29) is 0 Å². The van der Waals surface area contributed by atoms with Crippen molar-refractivity contribution in [3.63, 3.8) is 0 Å². The van der Waals surface area contributed by atoms with Crippen LogP contribution in [0.2, 0.25) is 5.02 Å². The molecule has 0 aliphatic rings. The van der Waals surface area contributed by atoms with Gasteiger partial charge in [-0.3, -0.25) is 4.98 Å². The Hall–Kier alpha value is -0.550. The van der Waals surface area contributed by atoms with E-state index in [0.29, 0.717) is 0 Å². The fourth-order valence-corrected chi connectivity index (χ4v) is 2.85. The van der Waals surface area contributed by atoms with Crippen LogP contribution in [0, 0.1) is 10.5 Å². The number of pyridine rings is 1. The highest BCUT2D eigenvalue weighted by molar-refractivity contribution is 14.1. The predicted octanol–water partition coefficient (Wildman–Crippen LogP) is 4.62. The van der Waals surface area contributed by atoms with Crippen LogP contribution in [0.4, 0.5) is 5.69 Å². The first kappa shape index (κ1) is 12.9. The molecule has 0 spiro atoms. The average molecular weight is 361 g/mol. The zero-order chi connectivity index (χ0) is 12.4. The molecule has 0 saturated heterocycles. The second-order valence-electron chi connectivity index (χ2n) is 4.02. The smallest absolute Gasteiger partial charge is 0.0912 e. The molecular weight excluding hydrogens is 347 g/mol. The Morgan fingerprint density at radius 2 is 2.12 bits per heavy atom. The van der Waals surface area contributed by atoms with E-state index in [0.717, 1.165) is 43.8 Å². The maximum Gasteiger partial charge on any atom is 0.0912 e. The highest BCUT2D eigenvalue weighted by Gasteiger charge is 2.08. The van der Waals surface area contributed by atoms with E-state index < -0.39 is 0 Å². The van der Waals surface area contributed by atoms with Crippen molar-refractivity contribution in [2.24, 2.45) is 0 Å². The van der Waals surface area contributed by atoms with Crippen LogP contribution in [-0.4, -0.2) is 11.5 Å². The van der Waals surface area contributed by atoms with Crippen molar-refractivity contribution < 1.29 is 0 Å². The van der Waals surface area contributed by atoms with Gasteiger partial charge in [-0.1, -0.05) is 18.5 Å². The summed E-state index contributed by atoms with van der Waals surface area (Å²) in [5, 5.41) is 5.25. The van der Waals surface area contributed by atoms with Crippen LogP contribution >= 0.6 is 34.2 Å². The summed E-state index contributed by atoms with van der Waals surface area (Å²) in [6.45, 7) is 5.10. The van der Waals surface area contributed by atoms with Crippen molar-refractivity contribution in [3.8, 4) is 0 Å². The number of halogens is 2. The summed E-state index contributed by atoms with van der Waals surface area (Å²) in [5.41, 5.74) is 2.99. The van der Waals surface area contributed by atoms with Gasteiger partial charge in [0.15, 0.2) is 0 Å². The van der Waals surface area contributed by atoms with Gasteiger partial charge < -0.3 is 5.32 Å². The topological polar surface area (TPSA) is 24.9 Å². The van der Waals surface area contributed by atoms with Gasteiger partial charge in [0.1, 0.15) is 0 Å². The number of nitrogens with zero attached hydrogens (tertiary/aromatic N) is 1.